The second kappa shape index (κ2) is 5.59. The van der Waals surface area contributed by atoms with Gasteiger partial charge in [-0.1, -0.05) is 13.0 Å². The number of aliphatic hydroxyl groups excluding tert-OH is 1. The Hall–Kier alpha value is -1.35. The average molecular weight is 328 g/mol. The van der Waals surface area contributed by atoms with E-state index in [0.717, 1.165) is 12.8 Å². The van der Waals surface area contributed by atoms with Gasteiger partial charge < -0.3 is 10.2 Å². The summed E-state index contributed by atoms with van der Waals surface area (Å²) in [6, 6.07) is 5.76. The Morgan fingerprint density at radius 2 is 2.04 bits per heavy atom. The van der Waals surface area contributed by atoms with E-state index in [4.69, 9.17) is 0 Å². The molecule has 3 aliphatic rings. The number of aryl methyl sites for hydroxylation is 1. The van der Waals surface area contributed by atoms with Crippen LogP contribution in [0.3, 0.4) is 0 Å². The van der Waals surface area contributed by atoms with Crippen molar-refractivity contribution in [3.8, 4) is 0 Å². The third kappa shape index (κ3) is 2.24. The fourth-order valence-corrected chi connectivity index (χ4v) is 6.55. The molecule has 3 aliphatic carbocycles. The first-order valence-electron chi connectivity index (χ1n) is 9.46. The van der Waals surface area contributed by atoms with Crippen molar-refractivity contribution in [3.63, 3.8) is 0 Å². The number of carbonyl (C=O) groups is 1. The van der Waals surface area contributed by atoms with Gasteiger partial charge in [-0.3, -0.25) is 0 Å². The molecule has 2 fully saturated rings. The maximum Gasteiger partial charge on any atom is 0.335 e. The summed E-state index contributed by atoms with van der Waals surface area (Å²) in [4.78, 5) is 11.2. The van der Waals surface area contributed by atoms with Crippen molar-refractivity contribution >= 4 is 5.97 Å². The number of carboxylic acids is 1. The van der Waals surface area contributed by atoms with Crippen LogP contribution in [0.1, 0.15) is 73.4 Å². The molecule has 0 saturated heterocycles. The maximum absolute atomic E-state index is 11.2. The summed E-state index contributed by atoms with van der Waals surface area (Å²) < 4.78 is 0. The fraction of sp³-hybridized carbons (Fsp3) is 0.667. The smallest absolute Gasteiger partial charge is 0.335 e. The molecule has 2 N–H and O–H groups in total. The zero-order valence-electron chi connectivity index (χ0n) is 14.7. The minimum Gasteiger partial charge on any atom is -0.478 e. The lowest BCUT2D eigenvalue weighted by Crippen LogP contribution is -2.44. The predicted molar refractivity (Wildman–Crippen MR) is 93.2 cm³/mol. The Kier molecular flexibility index (Phi) is 3.76. The van der Waals surface area contributed by atoms with Gasteiger partial charge >= 0.3 is 5.97 Å². The molecule has 130 valence electrons. The van der Waals surface area contributed by atoms with Crippen LogP contribution in [0.5, 0.6) is 0 Å². The number of hydrogen-bond donors (Lipinski definition) is 2. The summed E-state index contributed by atoms with van der Waals surface area (Å²) in [5.74, 6) is 1.62. The van der Waals surface area contributed by atoms with Crippen molar-refractivity contribution in [2.24, 2.45) is 23.2 Å². The third-order valence-electron chi connectivity index (χ3n) is 7.63. The first kappa shape index (κ1) is 16.1. The quantitative estimate of drug-likeness (QED) is 0.854. The standard InChI is InChI=1S/C21H28O3/c1-12(22)18-7-8-19-17-6-3-13-11-14(20(23)24)4-5-15(13)16(17)9-10-21(18,19)2/h4-5,11-12,16-19,22H,3,6-10H2,1-2H3,(H,23,24)/t12-,16-,17-,18-,19+,21-/m1/s1. The Balaban J connectivity index is 1.66. The second-order valence-electron chi connectivity index (χ2n) is 8.60. The van der Waals surface area contributed by atoms with Gasteiger partial charge in [0.05, 0.1) is 11.7 Å². The first-order chi connectivity index (χ1) is 11.4. The van der Waals surface area contributed by atoms with E-state index in [1.807, 2.05) is 13.0 Å². The minimum atomic E-state index is -0.827. The van der Waals surface area contributed by atoms with Gasteiger partial charge in [-0.2, -0.15) is 0 Å². The molecule has 0 amide bonds. The topological polar surface area (TPSA) is 57.5 Å². The van der Waals surface area contributed by atoms with Crippen molar-refractivity contribution in [1.82, 2.24) is 0 Å². The monoisotopic (exact) mass is 328 g/mol. The van der Waals surface area contributed by atoms with Gasteiger partial charge in [0.2, 0.25) is 0 Å². The molecule has 2 saturated carbocycles. The SMILES string of the molecule is C[C@@H](O)[C@H]1CC[C@H]2[C@@H]3CCc4cc(C(=O)O)ccc4[C@H]3CC[C@]12C. The molecule has 0 aliphatic heterocycles. The number of benzene rings is 1. The minimum absolute atomic E-state index is 0.203. The number of aliphatic hydroxyl groups is 1. The highest BCUT2D eigenvalue weighted by atomic mass is 16.4. The van der Waals surface area contributed by atoms with E-state index in [9.17, 15) is 15.0 Å². The normalized spacial score (nSPS) is 38.8. The summed E-state index contributed by atoms with van der Waals surface area (Å²) in [6.07, 6.45) is 6.75. The van der Waals surface area contributed by atoms with E-state index in [-0.39, 0.29) is 11.5 Å². The van der Waals surface area contributed by atoms with Crippen LogP contribution in [0.4, 0.5) is 0 Å². The van der Waals surface area contributed by atoms with Crippen molar-refractivity contribution < 1.29 is 15.0 Å². The van der Waals surface area contributed by atoms with E-state index >= 15 is 0 Å². The van der Waals surface area contributed by atoms with Crippen molar-refractivity contribution in [1.29, 1.82) is 0 Å². The summed E-state index contributed by atoms with van der Waals surface area (Å²) in [6.45, 7) is 4.38. The van der Waals surface area contributed by atoms with Gasteiger partial charge in [0.25, 0.3) is 0 Å². The van der Waals surface area contributed by atoms with Crippen LogP contribution < -0.4 is 0 Å². The maximum atomic E-state index is 11.2. The van der Waals surface area contributed by atoms with Crippen LogP contribution in [-0.4, -0.2) is 22.3 Å². The van der Waals surface area contributed by atoms with Crippen LogP contribution in [0, 0.1) is 23.2 Å². The highest BCUT2D eigenvalue weighted by molar-refractivity contribution is 5.88. The average Bonchev–Trinajstić information content (AvgIpc) is 2.91. The number of aromatic carboxylic acids is 1. The molecule has 0 bridgehead atoms. The zero-order valence-corrected chi connectivity index (χ0v) is 14.7. The molecule has 0 aromatic heterocycles. The van der Waals surface area contributed by atoms with Crippen molar-refractivity contribution in [3.05, 3.63) is 34.9 Å². The Morgan fingerprint density at radius 1 is 1.25 bits per heavy atom. The molecule has 1 aromatic carbocycles. The Morgan fingerprint density at radius 3 is 2.75 bits per heavy atom. The largest absolute Gasteiger partial charge is 0.478 e. The molecule has 6 atom stereocenters. The Labute approximate surface area is 144 Å². The summed E-state index contributed by atoms with van der Waals surface area (Å²) >= 11 is 0. The molecule has 0 spiro atoms. The summed E-state index contributed by atoms with van der Waals surface area (Å²) in [5.41, 5.74) is 3.36. The molecular weight excluding hydrogens is 300 g/mol. The third-order valence-corrected chi connectivity index (χ3v) is 7.63. The first-order valence-corrected chi connectivity index (χ1v) is 9.46. The van der Waals surface area contributed by atoms with Gasteiger partial charge in [-0.15, -0.1) is 0 Å². The van der Waals surface area contributed by atoms with E-state index in [0.29, 0.717) is 29.2 Å². The number of fused-ring (bicyclic) bond motifs is 5. The summed E-state index contributed by atoms with van der Waals surface area (Å²) in [7, 11) is 0. The highest BCUT2D eigenvalue weighted by Crippen LogP contribution is 2.63. The van der Waals surface area contributed by atoms with Crippen LogP contribution in [0.2, 0.25) is 0 Å². The van der Waals surface area contributed by atoms with E-state index in [2.05, 4.69) is 13.0 Å². The molecule has 1 aromatic rings. The lowest BCUT2D eigenvalue weighted by atomic mass is 9.54. The Bertz CT molecular complexity index is 665. The number of carboxylic acid groups (broad SMARTS) is 1. The fourth-order valence-electron chi connectivity index (χ4n) is 6.55. The second-order valence-corrected chi connectivity index (χ2v) is 8.60. The van der Waals surface area contributed by atoms with Crippen LogP contribution in [0.25, 0.3) is 0 Å². The molecule has 0 unspecified atom stereocenters. The van der Waals surface area contributed by atoms with Crippen LogP contribution in [-0.2, 0) is 6.42 Å². The zero-order chi connectivity index (χ0) is 17.1. The van der Waals surface area contributed by atoms with Gasteiger partial charge in [-0.05, 0) is 97.8 Å². The van der Waals surface area contributed by atoms with Crippen molar-refractivity contribution in [2.45, 2.75) is 64.4 Å². The molecular formula is C21H28O3. The van der Waals surface area contributed by atoms with E-state index in [1.165, 1.54) is 36.8 Å². The molecule has 3 heteroatoms. The lowest BCUT2D eigenvalue weighted by Gasteiger charge is -2.51. The molecule has 3 nitrogen and oxygen atoms in total. The molecule has 0 radical (unpaired) electrons. The van der Waals surface area contributed by atoms with E-state index < -0.39 is 5.97 Å². The molecule has 4 rings (SSSR count). The highest BCUT2D eigenvalue weighted by Gasteiger charge is 2.55. The van der Waals surface area contributed by atoms with Gasteiger partial charge in [0.1, 0.15) is 0 Å². The number of rotatable bonds is 2. The van der Waals surface area contributed by atoms with Crippen molar-refractivity contribution in [2.75, 3.05) is 0 Å². The van der Waals surface area contributed by atoms with Crippen LogP contribution >= 0.6 is 0 Å². The van der Waals surface area contributed by atoms with Crippen LogP contribution in [0.15, 0.2) is 18.2 Å². The molecule has 24 heavy (non-hydrogen) atoms. The van der Waals surface area contributed by atoms with Gasteiger partial charge in [0, 0.05) is 0 Å². The lowest BCUT2D eigenvalue weighted by molar-refractivity contribution is -0.0180. The van der Waals surface area contributed by atoms with Gasteiger partial charge in [0.15, 0.2) is 0 Å². The van der Waals surface area contributed by atoms with E-state index in [1.54, 1.807) is 6.07 Å². The summed E-state index contributed by atoms with van der Waals surface area (Å²) in [5, 5.41) is 19.5. The van der Waals surface area contributed by atoms with Gasteiger partial charge in [-0.25, -0.2) is 4.79 Å². The number of hydrogen-bond acceptors (Lipinski definition) is 2. The predicted octanol–water partition coefficient (Wildman–Crippen LogP) is 4.24. The molecule has 0 heterocycles.